The fourth-order valence-electron chi connectivity index (χ4n) is 1.61. The van der Waals surface area contributed by atoms with E-state index in [-0.39, 0.29) is 17.5 Å². The number of hydrogen-bond donors (Lipinski definition) is 3. The number of carbonyl (C=O) groups excluding carboxylic acids is 1. The summed E-state index contributed by atoms with van der Waals surface area (Å²) < 4.78 is 0. The smallest absolute Gasteiger partial charge is 0.335 e. The first-order valence-electron chi connectivity index (χ1n) is 5.89. The second kappa shape index (κ2) is 6.76. The predicted molar refractivity (Wildman–Crippen MR) is 69.8 cm³/mol. The minimum absolute atomic E-state index is 0.0912. The van der Waals surface area contributed by atoms with Gasteiger partial charge in [-0.15, -0.1) is 0 Å². The van der Waals surface area contributed by atoms with Crippen molar-refractivity contribution in [3.05, 3.63) is 29.8 Å². The zero-order valence-corrected chi connectivity index (χ0v) is 10.6. The number of hydrogen-bond acceptors (Lipinski definition) is 3. The fourth-order valence-corrected chi connectivity index (χ4v) is 1.61. The topological polar surface area (TPSA) is 78.4 Å². The Morgan fingerprint density at radius 2 is 1.89 bits per heavy atom. The number of carbonyl (C=O) groups is 2. The van der Waals surface area contributed by atoms with Crippen LogP contribution in [0.15, 0.2) is 24.3 Å². The molecule has 0 fully saturated rings. The van der Waals surface area contributed by atoms with Crippen LogP contribution in [0.4, 0.5) is 5.69 Å². The van der Waals surface area contributed by atoms with Crippen molar-refractivity contribution < 1.29 is 14.7 Å². The Hall–Kier alpha value is -1.88. The molecule has 3 N–H and O–H groups in total. The van der Waals surface area contributed by atoms with Gasteiger partial charge in [-0.05, 0) is 37.7 Å². The third kappa shape index (κ3) is 4.55. The Balaban J connectivity index is 2.51. The average molecular weight is 250 g/mol. The summed E-state index contributed by atoms with van der Waals surface area (Å²) >= 11 is 0. The van der Waals surface area contributed by atoms with Crippen LogP contribution in [0.5, 0.6) is 0 Å². The number of carboxylic acids is 1. The highest BCUT2D eigenvalue weighted by Crippen LogP contribution is 2.10. The number of amides is 1. The van der Waals surface area contributed by atoms with Gasteiger partial charge in [-0.2, -0.15) is 0 Å². The molecule has 5 heteroatoms. The Bertz CT molecular complexity index is 415. The van der Waals surface area contributed by atoms with Crippen LogP contribution in [-0.4, -0.2) is 29.6 Å². The van der Waals surface area contributed by atoms with Crippen LogP contribution in [0, 0.1) is 0 Å². The van der Waals surface area contributed by atoms with Crippen molar-refractivity contribution in [3.8, 4) is 0 Å². The Morgan fingerprint density at radius 3 is 2.39 bits per heavy atom. The van der Waals surface area contributed by atoms with Crippen LogP contribution < -0.4 is 10.6 Å². The first-order valence-corrected chi connectivity index (χ1v) is 5.89. The first kappa shape index (κ1) is 14.2. The highest BCUT2D eigenvalue weighted by atomic mass is 16.4. The third-order valence-electron chi connectivity index (χ3n) is 2.46. The SMILES string of the molecule is CCNC(C)CC(=O)Nc1ccc(C(=O)O)cc1. The summed E-state index contributed by atoms with van der Waals surface area (Å²) in [5.74, 6) is -1.07. The van der Waals surface area contributed by atoms with Crippen molar-refractivity contribution in [1.29, 1.82) is 0 Å². The van der Waals surface area contributed by atoms with E-state index < -0.39 is 5.97 Å². The van der Waals surface area contributed by atoms with Gasteiger partial charge in [-0.25, -0.2) is 4.79 Å². The van der Waals surface area contributed by atoms with Crippen molar-refractivity contribution in [3.63, 3.8) is 0 Å². The zero-order chi connectivity index (χ0) is 13.5. The van der Waals surface area contributed by atoms with E-state index in [1.807, 2.05) is 13.8 Å². The molecule has 18 heavy (non-hydrogen) atoms. The molecule has 1 aromatic carbocycles. The lowest BCUT2D eigenvalue weighted by molar-refractivity contribution is -0.116. The quantitative estimate of drug-likeness (QED) is 0.718. The molecule has 0 saturated carbocycles. The highest BCUT2D eigenvalue weighted by Gasteiger charge is 2.08. The number of benzene rings is 1. The molecule has 5 nitrogen and oxygen atoms in total. The first-order chi connectivity index (χ1) is 8.52. The van der Waals surface area contributed by atoms with E-state index >= 15 is 0 Å². The van der Waals surface area contributed by atoms with E-state index in [0.717, 1.165) is 6.54 Å². The highest BCUT2D eigenvalue weighted by molar-refractivity contribution is 5.92. The van der Waals surface area contributed by atoms with Crippen LogP contribution >= 0.6 is 0 Å². The summed E-state index contributed by atoms with van der Waals surface area (Å²) in [6, 6.07) is 6.21. The van der Waals surface area contributed by atoms with E-state index in [4.69, 9.17) is 5.11 Å². The van der Waals surface area contributed by atoms with Gasteiger partial charge in [0, 0.05) is 18.2 Å². The van der Waals surface area contributed by atoms with Gasteiger partial charge in [0.2, 0.25) is 5.91 Å². The molecule has 1 rings (SSSR count). The largest absolute Gasteiger partial charge is 0.478 e. The molecule has 0 saturated heterocycles. The summed E-state index contributed by atoms with van der Waals surface area (Å²) in [5, 5.41) is 14.6. The zero-order valence-electron chi connectivity index (χ0n) is 10.6. The molecule has 0 bridgehead atoms. The standard InChI is InChI=1S/C13H18N2O3/c1-3-14-9(2)8-12(16)15-11-6-4-10(5-7-11)13(17)18/h4-7,9,14H,3,8H2,1-2H3,(H,15,16)(H,17,18). The molecule has 0 aliphatic carbocycles. The summed E-state index contributed by atoms with van der Waals surface area (Å²) in [5.41, 5.74) is 0.808. The van der Waals surface area contributed by atoms with E-state index in [2.05, 4.69) is 10.6 Å². The van der Waals surface area contributed by atoms with Crippen molar-refractivity contribution in [2.45, 2.75) is 26.3 Å². The molecule has 0 aliphatic heterocycles. The average Bonchev–Trinajstić information content (AvgIpc) is 2.29. The number of aromatic carboxylic acids is 1. The molecule has 0 aliphatic rings. The van der Waals surface area contributed by atoms with Crippen molar-refractivity contribution in [1.82, 2.24) is 5.32 Å². The molecule has 1 amide bonds. The monoisotopic (exact) mass is 250 g/mol. The van der Waals surface area contributed by atoms with Gasteiger partial charge in [-0.1, -0.05) is 6.92 Å². The molecule has 0 aromatic heterocycles. The summed E-state index contributed by atoms with van der Waals surface area (Å²) in [4.78, 5) is 22.3. The maximum Gasteiger partial charge on any atom is 0.335 e. The molecule has 0 heterocycles. The maximum atomic E-state index is 11.6. The summed E-state index contributed by atoms with van der Waals surface area (Å²) in [6.45, 7) is 4.75. The lowest BCUT2D eigenvalue weighted by Gasteiger charge is -2.12. The molecular formula is C13H18N2O3. The molecule has 98 valence electrons. The van der Waals surface area contributed by atoms with Gasteiger partial charge in [0.05, 0.1) is 5.56 Å². The Morgan fingerprint density at radius 1 is 1.28 bits per heavy atom. The minimum atomic E-state index is -0.978. The maximum absolute atomic E-state index is 11.6. The minimum Gasteiger partial charge on any atom is -0.478 e. The van der Waals surface area contributed by atoms with Crippen LogP contribution in [-0.2, 0) is 4.79 Å². The van der Waals surface area contributed by atoms with Crippen LogP contribution in [0.2, 0.25) is 0 Å². The fraction of sp³-hybridized carbons (Fsp3) is 0.385. The number of nitrogens with one attached hydrogen (secondary N) is 2. The number of anilines is 1. The molecule has 1 aromatic rings. The Kier molecular flexibility index (Phi) is 5.32. The van der Waals surface area contributed by atoms with Crippen molar-refractivity contribution in [2.75, 3.05) is 11.9 Å². The van der Waals surface area contributed by atoms with Crippen molar-refractivity contribution >= 4 is 17.6 Å². The lowest BCUT2D eigenvalue weighted by Crippen LogP contribution is -2.30. The second-order valence-electron chi connectivity index (χ2n) is 4.09. The number of carboxylic acid groups (broad SMARTS) is 1. The molecular weight excluding hydrogens is 232 g/mol. The van der Waals surface area contributed by atoms with Crippen LogP contribution in [0.1, 0.15) is 30.6 Å². The molecule has 0 radical (unpaired) electrons. The van der Waals surface area contributed by atoms with Gasteiger partial charge in [-0.3, -0.25) is 4.79 Å². The Labute approximate surface area is 106 Å². The summed E-state index contributed by atoms with van der Waals surface area (Å²) in [6.07, 6.45) is 0.383. The number of rotatable bonds is 6. The van der Waals surface area contributed by atoms with Gasteiger partial charge in [0.1, 0.15) is 0 Å². The van der Waals surface area contributed by atoms with Gasteiger partial charge < -0.3 is 15.7 Å². The van der Waals surface area contributed by atoms with Gasteiger partial charge >= 0.3 is 5.97 Å². The van der Waals surface area contributed by atoms with E-state index in [9.17, 15) is 9.59 Å². The molecule has 1 atom stereocenters. The van der Waals surface area contributed by atoms with Crippen molar-refractivity contribution in [2.24, 2.45) is 0 Å². The van der Waals surface area contributed by atoms with Gasteiger partial charge in [0.25, 0.3) is 0 Å². The summed E-state index contributed by atoms with van der Waals surface area (Å²) in [7, 11) is 0. The van der Waals surface area contributed by atoms with Gasteiger partial charge in [0.15, 0.2) is 0 Å². The normalized spacial score (nSPS) is 11.9. The van der Waals surface area contributed by atoms with E-state index in [1.165, 1.54) is 12.1 Å². The third-order valence-corrected chi connectivity index (χ3v) is 2.46. The lowest BCUT2D eigenvalue weighted by atomic mass is 10.2. The van der Waals surface area contributed by atoms with E-state index in [1.54, 1.807) is 12.1 Å². The van der Waals surface area contributed by atoms with Crippen LogP contribution in [0.25, 0.3) is 0 Å². The molecule has 0 spiro atoms. The molecule has 1 unspecified atom stereocenters. The second-order valence-corrected chi connectivity index (χ2v) is 4.09. The predicted octanol–water partition coefficient (Wildman–Crippen LogP) is 1.71. The van der Waals surface area contributed by atoms with E-state index in [0.29, 0.717) is 12.1 Å². The van der Waals surface area contributed by atoms with Crippen LogP contribution in [0.3, 0.4) is 0 Å².